The third-order valence-electron chi connectivity index (χ3n) is 3.46. The lowest BCUT2D eigenvalue weighted by atomic mass is 9.98. The maximum absolute atomic E-state index is 13.2. The van der Waals surface area contributed by atoms with E-state index >= 15 is 0 Å². The molecular formula is C13H16F4N2. The molecule has 0 aliphatic heterocycles. The van der Waals surface area contributed by atoms with Crippen molar-refractivity contribution in [1.29, 1.82) is 0 Å². The van der Waals surface area contributed by atoms with Gasteiger partial charge in [0, 0.05) is 6.04 Å². The molecule has 1 unspecified atom stereocenters. The van der Waals surface area contributed by atoms with Crippen LogP contribution in [0.4, 0.5) is 17.6 Å². The Labute approximate surface area is 109 Å². The van der Waals surface area contributed by atoms with Crippen LogP contribution >= 0.6 is 0 Å². The lowest BCUT2D eigenvalue weighted by molar-refractivity contribution is -0.140. The van der Waals surface area contributed by atoms with Gasteiger partial charge in [0.2, 0.25) is 0 Å². The summed E-state index contributed by atoms with van der Waals surface area (Å²) in [6.07, 6.45) is -0.754. The lowest BCUT2D eigenvalue weighted by Gasteiger charge is -2.18. The number of benzene rings is 1. The molecule has 2 rings (SSSR count). The molecule has 106 valence electrons. The maximum Gasteiger partial charge on any atom is 0.419 e. The Morgan fingerprint density at radius 1 is 1.32 bits per heavy atom. The monoisotopic (exact) mass is 276 g/mol. The Kier molecular flexibility index (Phi) is 4.10. The summed E-state index contributed by atoms with van der Waals surface area (Å²) >= 11 is 0. The topological polar surface area (TPSA) is 38.0 Å². The van der Waals surface area contributed by atoms with Gasteiger partial charge >= 0.3 is 6.18 Å². The SMILES string of the molecule is NNC(CCC1CC1)c1ccc(F)c(C(F)(F)F)c1. The summed E-state index contributed by atoms with van der Waals surface area (Å²) in [5.74, 6) is 4.79. The maximum atomic E-state index is 13.2. The van der Waals surface area contributed by atoms with E-state index in [-0.39, 0.29) is 6.04 Å². The van der Waals surface area contributed by atoms with Crippen LogP contribution in [0.15, 0.2) is 18.2 Å². The molecule has 1 atom stereocenters. The van der Waals surface area contributed by atoms with Crippen molar-refractivity contribution in [3.8, 4) is 0 Å². The zero-order valence-corrected chi connectivity index (χ0v) is 10.3. The first-order valence-electron chi connectivity index (χ1n) is 6.24. The fourth-order valence-electron chi connectivity index (χ4n) is 2.13. The van der Waals surface area contributed by atoms with E-state index in [0.717, 1.165) is 18.6 Å². The number of hydrogen-bond acceptors (Lipinski definition) is 2. The van der Waals surface area contributed by atoms with E-state index in [0.29, 0.717) is 17.9 Å². The lowest BCUT2D eigenvalue weighted by Crippen LogP contribution is -2.28. The smallest absolute Gasteiger partial charge is 0.271 e. The Morgan fingerprint density at radius 2 is 2.00 bits per heavy atom. The summed E-state index contributed by atoms with van der Waals surface area (Å²) in [6, 6.07) is 2.66. The van der Waals surface area contributed by atoms with Crippen molar-refractivity contribution in [3.63, 3.8) is 0 Å². The zero-order chi connectivity index (χ0) is 14.0. The fourth-order valence-corrected chi connectivity index (χ4v) is 2.13. The quantitative estimate of drug-likeness (QED) is 0.490. The minimum Gasteiger partial charge on any atom is -0.271 e. The Hall–Kier alpha value is -1.14. The fraction of sp³-hybridized carbons (Fsp3) is 0.538. The highest BCUT2D eigenvalue weighted by molar-refractivity contribution is 5.29. The molecular weight excluding hydrogens is 260 g/mol. The van der Waals surface area contributed by atoms with Gasteiger partial charge in [-0.3, -0.25) is 11.3 Å². The molecule has 1 aromatic rings. The highest BCUT2D eigenvalue weighted by Gasteiger charge is 2.34. The third-order valence-corrected chi connectivity index (χ3v) is 3.46. The van der Waals surface area contributed by atoms with Gasteiger partial charge in [0.1, 0.15) is 5.82 Å². The van der Waals surface area contributed by atoms with Crippen LogP contribution in [0.3, 0.4) is 0 Å². The van der Waals surface area contributed by atoms with Crippen LogP contribution in [0.5, 0.6) is 0 Å². The van der Waals surface area contributed by atoms with E-state index < -0.39 is 17.6 Å². The summed E-state index contributed by atoms with van der Waals surface area (Å²) in [7, 11) is 0. The van der Waals surface area contributed by atoms with Crippen LogP contribution in [0.25, 0.3) is 0 Å². The van der Waals surface area contributed by atoms with Gasteiger partial charge in [-0.25, -0.2) is 4.39 Å². The largest absolute Gasteiger partial charge is 0.419 e. The van der Waals surface area contributed by atoms with E-state index in [1.54, 1.807) is 0 Å². The van der Waals surface area contributed by atoms with E-state index in [4.69, 9.17) is 5.84 Å². The molecule has 3 N–H and O–H groups in total. The van der Waals surface area contributed by atoms with Crippen molar-refractivity contribution in [2.45, 2.75) is 37.9 Å². The van der Waals surface area contributed by atoms with Gasteiger partial charge in [0.15, 0.2) is 0 Å². The molecule has 0 spiro atoms. The molecule has 1 fully saturated rings. The van der Waals surface area contributed by atoms with Crippen molar-refractivity contribution in [3.05, 3.63) is 35.1 Å². The number of hydrogen-bond donors (Lipinski definition) is 2. The minimum absolute atomic E-state index is 0.372. The molecule has 0 heterocycles. The van der Waals surface area contributed by atoms with Gasteiger partial charge < -0.3 is 0 Å². The van der Waals surface area contributed by atoms with Gasteiger partial charge in [-0.2, -0.15) is 13.2 Å². The van der Waals surface area contributed by atoms with Crippen molar-refractivity contribution in [2.24, 2.45) is 11.8 Å². The first-order chi connectivity index (χ1) is 8.91. The molecule has 1 aliphatic rings. The van der Waals surface area contributed by atoms with E-state index in [9.17, 15) is 17.6 Å². The average molecular weight is 276 g/mol. The number of nitrogens with one attached hydrogen (secondary N) is 1. The molecule has 1 aromatic carbocycles. The Bertz CT molecular complexity index is 441. The number of alkyl halides is 3. The van der Waals surface area contributed by atoms with Crippen LogP contribution in [0.1, 0.15) is 42.9 Å². The number of hydrazine groups is 1. The predicted molar refractivity (Wildman–Crippen MR) is 63.4 cm³/mol. The van der Waals surface area contributed by atoms with Crippen LogP contribution in [-0.2, 0) is 6.18 Å². The zero-order valence-electron chi connectivity index (χ0n) is 10.3. The molecule has 1 aliphatic carbocycles. The van der Waals surface area contributed by atoms with Crippen LogP contribution < -0.4 is 11.3 Å². The van der Waals surface area contributed by atoms with Gasteiger partial charge in [0.25, 0.3) is 0 Å². The summed E-state index contributed by atoms with van der Waals surface area (Å²) in [4.78, 5) is 0. The normalized spacial score (nSPS) is 17.5. The third kappa shape index (κ3) is 3.67. The second-order valence-corrected chi connectivity index (χ2v) is 4.98. The van der Waals surface area contributed by atoms with Crippen molar-refractivity contribution in [1.82, 2.24) is 5.43 Å². The Morgan fingerprint density at radius 3 is 2.53 bits per heavy atom. The van der Waals surface area contributed by atoms with Crippen LogP contribution in [-0.4, -0.2) is 0 Å². The first-order valence-corrected chi connectivity index (χ1v) is 6.24. The van der Waals surface area contributed by atoms with Gasteiger partial charge in [0.05, 0.1) is 5.56 Å². The predicted octanol–water partition coefficient (Wildman–Crippen LogP) is 3.54. The molecule has 0 amide bonds. The second-order valence-electron chi connectivity index (χ2n) is 4.98. The highest BCUT2D eigenvalue weighted by atomic mass is 19.4. The standard InChI is InChI=1S/C13H16F4N2/c14-11-5-4-9(7-10(11)13(15,16)17)12(19-18)6-3-8-1-2-8/h4-5,7-8,12,19H,1-3,6,18H2. The number of rotatable bonds is 5. The van der Waals surface area contributed by atoms with Crippen molar-refractivity contribution in [2.75, 3.05) is 0 Å². The molecule has 19 heavy (non-hydrogen) atoms. The second kappa shape index (κ2) is 5.46. The number of halogens is 4. The minimum atomic E-state index is -4.68. The van der Waals surface area contributed by atoms with Gasteiger partial charge in [-0.15, -0.1) is 0 Å². The molecule has 0 aromatic heterocycles. The molecule has 0 saturated heterocycles. The molecule has 1 saturated carbocycles. The molecule has 0 bridgehead atoms. The molecule has 0 radical (unpaired) electrons. The number of nitrogens with two attached hydrogens (primary N) is 1. The summed E-state index contributed by atoms with van der Waals surface area (Å²) in [5, 5.41) is 0. The highest BCUT2D eigenvalue weighted by Crippen LogP contribution is 2.37. The van der Waals surface area contributed by atoms with E-state index in [1.165, 1.54) is 18.9 Å². The molecule has 6 heteroatoms. The van der Waals surface area contributed by atoms with Crippen molar-refractivity contribution < 1.29 is 17.6 Å². The first kappa shape index (κ1) is 14.3. The summed E-state index contributed by atoms with van der Waals surface area (Å²) in [6.45, 7) is 0. The van der Waals surface area contributed by atoms with Crippen LogP contribution in [0, 0.1) is 11.7 Å². The van der Waals surface area contributed by atoms with Gasteiger partial charge in [-0.05, 0) is 36.5 Å². The van der Waals surface area contributed by atoms with Crippen molar-refractivity contribution >= 4 is 0 Å². The summed E-state index contributed by atoms with van der Waals surface area (Å²) in [5.41, 5.74) is 1.64. The molecule has 2 nitrogen and oxygen atoms in total. The average Bonchev–Trinajstić information content (AvgIpc) is 3.14. The van der Waals surface area contributed by atoms with E-state index in [1.807, 2.05) is 0 Å². The van der Waals surface area contributed by atoms with Gasteiger partial charge in [-0.1, -0.05) is 18.9 Å². The van der Waals surface area contributed by atoms with Crippen LogP contribution in [0.2, 0.25) is 0 Å². The summed E-state index contributed by atoms with van der Waals surface area (Å²) < 4.78 is 51.1. The van der Waals surface area contributed by atoms with E-state index in [2.05, 4.69) is 5.43 Å². The Balaban J connectivity index is 2.17.